The van der Waals surface area contributed by atoms with Crippen molar-refractivity contribution in [2.75, 3.05) is 0 Å². The predicted molar refractivity (Wildman–Crippen MR) is 33.6 cm³/mol. The second kappa shape index (κ2) is 1.79. The zero-order chi connectivity index (χ0) is 6.10. The van der Waals surface area contributed by atoms with E-state index in [0.29, 0.717) is 0 Å². The zero-order valence-electron chi connectivity index (χ0n) is 5.04. The van der Waals surface area contributed by atoms with Crippen LogP contribution in [0.2, 0.25) is 0 Å². The van der Waals surface area contributed by atoms with Gasteiger partial charge in [-0.2, -0.15) is 0 Å². The van der Waals surface area contributed by atoms with Gasteiger partial charge in [0.1, 0.15) is 0 Å². The van der Waals surface area contributed by atoms with E-state index in [1.165, 1.54) is 18.8 Å². The first-order valence-electron chi connectivity index (χ1n) is 3.08. The van der Waals surface area contributed by atoms with Crippen LogP contribution in [0.25, 0.3) is 0 Å². The van der Waals surface area contributed by atoms with Gasteiger partial charge in [0, 0.05) is 24.5 Å². The third-order valence-electron chi connectivity index (χ3n) is 1.43. The fourth-order valence-electron chi connectivity index (χ4n) is 0.800. The van der Waals surface area contributed by atoms with E-state index in [1.54, 1.807) is 12.4 Å². The van der Waals surface area contributed by atoms with Gasteiger partial charge in [0.25, 0.3) is 0 Å². The predicted octanol–water partition coefficient (Wildman–Crippen LogP) is 1.19. The number of aromatic nitrogens is 2. The van der Waals surface area contributed by atoms with Gasteiger partial charge in [-0.25, -0.2) is 0 Å². The fraction of sp³-hybridized carbons (Fsp3) is 0.286. The maximum Gasteiger partial charge on any atom is 0.0657 e. The SMILES string of the molecule is c1cnc([C]2CC2)cn1. The van der Waals surface area contributed by atoms with E-state index >= 15 is 0 Å². The lowest BCUT2D eigenvalue weighted by atomic mass is 10.3. The van der Waals surface area contributed by atoms with Gasteiger partial charge >= 0.3 is 0 Å². The van der Waals surface area contributed by atoms with E-state index in [1.807, 2.05) is 6.20 Å². The molecule has 0 saturated heterocycles. The highest BCUT2D eigenvalue weighted by Gasteiger charge is 2.25. The molecule has 1 saturated carbocycles. The topological polar surface area (TPSA) is 25.8 Å². The molecular formula is C7H7N2. The van der Waals surface area contributed by atoms with Crippen molar-refractivity contribution in [3.05, 3.63) is 30.2 Å². The molecule has 0 unspecified atom stereocenters. The van der Waals surface area contributed by atoms with Crippen molar-refractivity contribution < 1.29 is 0 Å². The normalized spacial score (nSPS) is 17.8. The summed E-state index contributed by atoms with van der Waals surface area (Å²) in [6.45, 7) is 0. The van der Waals surface area contributed by atoms with E-state index in [0.717, 1.165) is 5.69 Å². The van der Waals surface area contributed by atoms with Gasteiger partial charge < -0.3 is 0 Å². The monoisotopic (exact) mass is 119 g/mol. The molecule has 9 heavy (non-hydrogen) atoms. The molecule has 0 amide bonds. The van der Waals surface area contributed by atoms with Gasteiger partial charge in [0.15, 0.2) is 0 Å². The summed E-state index contributed by atoms with van der Waals surface area (Å²) in [6, 6.07) is 0. The highest BCUT2D eigenvalue weighted by atomic mass is 14.8. The summed E-state index contributed by atoms with van der Waals surface area (Å²) in [4.78, 5) is 8.10. The van der Waals surface area contributed by atoms with Gasteiger partial charge in [-0.3, -0.25) is 9.97 Å². The van der Waals surface area contributed by atoms with Crippen LogP contribution in [0.1, 0.15) is 18.5 Å². The van der Waals surface area contributed by atoms with E-state index < -0.39 is 0 Å². The zero-order valence-corrected chi connectivity index (χ0v) is 5.04. The number of rotatable bonds is 1. The average Bonchev–Trinajstić information content (AvgIpc) is 2.71. The first-order chi connectivity index (χ1) is 4.47. The first kappa shape index (κ1) is 4.91. The Balaban J connectivity index is 2.29. The second-order valence-corrected chi connectivity index (χ2v) is 2.19. The average molecular weight is 119 g/mol. The van der Waals surface area contributed by atoms with Crippen LogP contribution in [0.5, 0.6) is 0 Å². The van der Waals surface area contributed by atoms with Crippen LogP contribution < -0.4 is 0 Å². The molecule has 2 heteroatoms. The smallest absolute Gasteiger partial charge is 0.0657 e. The van der Waals surface area contributed by atoms with Crippen molar-refractivity contribution in [2.24, 2.45) is 0 Å². The minimum absolute atomic E-state index is 1.08. The number of nitrogens with zero attached hydrogens (tertiary/aromatic N) is 2. The molecule has 1 fully saturated rings. The largest absolute Gasteiger partial charge is 0.261 e. The molecule has 2 nitrogen and oxygen atoms in total. The summed E-state index contributed by atoms with van der Waals surface area (Å²) in [5.41, 5.74) is 1.08. The van der Waals surface area contributed by atoms with E-state index in [2.05, 4.69) is 9.97 Å². The van der Waals surface area contributed by atoms with Gasteiger partial charge in [-0.05, 0) is 12.8 Å². The summed E-state index contributed by atoms with van der Waals surface area (Å²) in [5.74, 6) is 1.45. The van der Waals surface area contributed by atoms with Crippen molar-refractivity contribution in [1.29, 1.82) is 0 Å². The summed E-state index contributed by atoms with van der Waals surface area (Å²) in [5, 5.41) is 0. The van der Waals surface area contributed by atoms with Crippen molar-refractivity contribution in [3.63, 3.8) is 0 Å². The lowest BCUT2D eigenvalue weighted by molar-refractivity contribution is 1.11. The Labute approximate surface area is 54.0 Å². The molecule has 0 aliphatic heterocycles. The third kappa shape index (κ3) is 0.922. The van der Waals surface area contributed by atoms with Crippen LogP contribution in [-0.2, 0) is 0 Å². The molecule has 1 radical (unpaired) electrons. The Morgan fingerprint density at radius 1 is 1.22 bits per heavy atom. The van der Waals surface area contributed by atoms with Crippen LogP contribution in [0.15, 0.2) is 18.6 Å². The van der Waals surface area contributed by atoms with Crippen LogP contribution in [-0.4, -0.2) is 9.97 Å². The van der Waals surface area contributed by atoms with Crippen LogP contribution in [0.3, 0.4) is 0 Å². The molecule has 0 aromatic carbocycles. The van der Waals surface area contributed by atoms with E-state index in [4.69, 9.17) is 0 Å². The fourth-order valence-corrected chi connectivity index (χ4v) is 0.800. The molecule has 0 atom stereocenters. The summed E-state index contributed by atoms with van der Waals surface area (Å²) < 4.78 is 0. The molecule has 1 aromatic heterocycles. The summed E-state index contributed by atoms with van der Waals surface area (Å²) in [7, 11) is 0. The Morgan fingerprint density at radius 2 is 2.11 bits per heavy atom. The first-order valence-corrected chi connectivity index (χ1v) is 3.08. The standard InChI is InChI=1S/C7H7N2/c1-2-6(1)7-5-8-3-4-9-7/h3-5H,1-2H2. The van der Waals surface area contributed by atoms with Crippen molar-refractivity contribution in [1.82, 2.24) is 9.97 Å². The lowest BCUT2D eigenvalue weighted by Crippen LogP contribution is -1.85. The molecule has 1 aliphatic rings. The Morgan fingerprint density at radius 3 is 2.67 bits per heavy atom. The maximum absolute atomic E-state index is 4.14. The molecule has 0 bridgehead atoms. The van der Waals surface area contributed by atoms with Crippen molar-refractivity contribution in [3.8, 4) is 0 Å². The quantitative estimate of drug-likeness (QED) is 0.555. The van der Waals surface area contributed by atoms with Crippen LogP contribution in [0.4, 0.5) is 0 Å². The van der Waals surface area contributed by atoms with Crippen LogP contribution in [0, 0.1) is 5.92 Å². The minimum Gasteiger partial charge on any atom is -0.261 e. The molecule has 0 spiro atoms. The molecule has 2 rings (SSSR count). The molecule has 1 aromatic rings. The molecule has 45 valence electrons. The van der Waals surface area contributed by atoms with Gasteiger partial charge in [0.05, 0.1) is 5.69 Å². The lowest BCUT2D eigenvalue weighted by Gasteiger charge is -1.89. The van der Waals surface area contributed by atoms with Gasteiger partial charge in [-0.15, -0.1) is 0 Å². The van der Waals surface area contributed by atoms with E-state index in [-0.39, 0.29) is 0 Å². The van der Waals surface area contributed by atoms with Crippen LogP contribution >= 0.6 is 0 Å². The molecule has 1 heterocycles. The summed E-state index contributed by atoms with van der Waals surface area (Å²) >= 11 is 0. The Hall–Kier alpha value is -0.920. The maximum atomic E-state index is 4.14. The van der Waals surface area contributed by atoms with Crippen molar-refractivity contribution >= 4 is 0 Å². The highest BCUT2D eigenvalue weighted by molar-refractivity contribution is 5.28. The number of hydrogen-bond donors (Lipinski definition) is 0. The number of hydrogen-bond acceptors (Lipinski definition) is 2. The van der Waals surface area contributed by atoms with E-state index in [9.17, 15) is 0 Å². The van der Waals surface area contributed by atoms with Crippen molar-refractivity contribution in [2.45, 2.75) is 12.8 Å². The third-order valence-corrected chi connectivity index (χ3v) is 1.43. The Kier molecular flexibility index (Phi) is 0.979. The minimum atomic E-state index is 1.08. The highest BCUT2D eigenvalue weighted by Crippen LogP contribution is 2.36. The van der Waals surface area contributed by atoms with Gasteiger partial charge in [-0.1, -0.05) is 0 Å². The Bertz CT molecular complexity index is 191. The molecule has 0 N–H and O–H groups in total. The van der Waals surface area contributed by atoms with Gasteiger partial charge in [0.2, 0.25) is 0 Å². The second-order valence-electron chi connectivity index (χ2n) is 2.19. The molecule has 1 aliphatic carbocycles. The summed E-state index contributed by atoms with van der Waals surface area (Å²) in [6.07, 6.45) is 7.70. The molecular weight excluding hydrogens is 112 g/mol.